The van der Waals surface area contributed by atoms with E-state index in [1.54, 1.807) is 49.4 Å². The third-order valence-corrected chi connectivity index (χ3v) is 7.78. The van der Waals surface area contributed by atoms with Crippen molar-refractivity contribution < 1.29 is 18.0 Å². The summed E-state index contributed by atoms with van der Waals surface area (Å²) in [6.45, 7) is 6.90. The van der Waals surface area contributed by atoms with E-state index >= 15 is 0 Å². The third-order valence-electron chi connectivity index (χ3n) is 5.87. The molecule has 0 unspecified atom stereocenters. The second-order valence-electron chi connectivity index (χ2n) is 8.51. The highest BCUT2D eigenvalue weighted by Crippen LogP contribution is 2.29. The second-order valence-corrected chi connectivity index (χ2v) is 11.2. The summed E-state index contributed by atoms with van der Waals surface area (Å²) in [7, 11) is -3.84. The summed E-state index contributed by atoms with van der Waals surface area (Å²) in [5.74, 6) is -0.826. The van der Waals surface area contributed by atoms with Crippen LogP contribution >= 0.6 is 23.2 Å². The molecule has 2 atom stereocenters. The molecule has 0 spiro atoms. The Labute approximate surface area is 218 Å². The zero-order valence-corrected chi connectivity index (χ0v) is 23.0. The predicted molar refractivity (Wildman–Crippen MR) is 142 cm³/mol. The maximum Gasteiger partial charge on any atom is 0.244 e. The molecule has 7 nitrogen and oxygen atoms in total. The van der Waals surface area contributed by atoms with Crippen molar-refractivity contribution in [1.29, 1.82) is 0 Å². The fourth-order valence-electron chi connectivity index (χ4n) is 3.63. The molecule has 10 heteroatoms. The van der Waals surface area contributed by atoms with Crippen molar-refractivity contribution in [3.63, 3.8) is 0 Å². The third kappa shape index (κ3) is 7.59. The standard InChI is InChI=1S/C25H33Cl2N3O4S/c1-6-17(3)28-25(32)22(7-2)29(15-19-11-8-9-12-21(19)27)24(31)16-30(35(5,33)34)23-14-10-13-20(26)18(23)4/h8-14,17,22H,6-7,15-16H2,1-5H3,(H,28,32)/t17-,22+/m0/s1. The maximum atomic E-state index is 13.7. The lowest BCUT2D eigenvalue weighted by atomic mass is 10.1. The lowest BCUT2D eigenvalue weighted by Crippen LogP contribution is -2.53. The number of hydrogen-bond acceptors (Lipinski definition) is 4. The Hall–Kier alpha value is -2.29. The van der Waals surface area contributed by atoms with Gasteiger partial charge in [0.05, 0.1) is 11.9 Å². The lowest BCUT2D eigenvalue weighted by molar-refractivity contribution is -0.140. The van der Waals surface area contributed by atoms with Crippen molar-refractivity contribution in [2.45, 2.75) is 59.2 Å². The molecule has 0 radical (unpaired) electrons. The molecule has 0 aliphatic rings. The van der Waals surface area contributed by atoms with Gasteiger partial charge in [0, 0.05) is 22.6 Å². The summed E-state index contributed by atoms with van der Waals surface area (Å²) in [4.78, 5) is 28.2. The van der Waals surface area contributed by atoms with Gasteiger partial charge in [-0.1, -0.05) is 61.3 Å². The number of halogens is 2. The molecule has 0 saturated heterocycles. The molecule has 0 saturated carbocycles. The van der Waals surface area contributed by atoms with Gasteiger partial charge in [-0.2, -0.15) is 0 Å². The molecule has 192 valence electrons. The number of sulfonamides is 1. The Morgan fingerprint density at radius 1 is 1.00 bits per heavy atom. The number of amides is 2. The van der Waals surface area contributed by atoms with Crippen molar-refractivity contribution >= 4 is 50.7 Å². The van der Waals surface area contributed by atoms with Crippen molar-refractivity contribution in [2.75, 3.05) is 17.1 Å². The number of rotatable bonds is 11. The molecule has 2 amide bonds. The summed E-state index contributed by atoms with van der Waals surface area (Å²) < 4.78 is 26.5. The average molecular weight is 543 g/mol. The maximum absolute atomic E-state index is 13.7. The van der Waals surface area contributed by atoms with Gasteiger partial charge >= 0.3 is 0 Å². The summed E-state index contributed by atoms with van der Waals surface area (Å²) in [5, 5.41) is 3.77. The van der Waals surface area contributed by atoms with Crippen LogP contribution in [-0.2, 0) is 26.2 Å². The first kappa shape index (κ1) is 28.9. The van der Waals surface area contributed by atoms with Gasteiger partial charge in [-0.25, -0.2) is 8.42 Å². The minimum absolute atomic E-state index is 0.0526. The number of anilines is 1. The van der Waals surface area contributed by atoms with E-state index < -0.39 is 28.5 Å². The van der Waals surface area contributed by atoms with Crippen LogP contribution < -0.4 is 9.62 Å². The van der Waals surface area contributed by atoms with Crippen LogP contribution in [0.5, 0.6) is 0 Å². The molecule has 0 heterocycles. The molecule has 2 rings (SSSR count). The summed E-state index contributed by atoms with van der Waals surface area (Å²) >= 11 is 12.6. The molecule has 0 fully saturated rings. The number of hydrogen-bond donors (Lipinski definition) is 1. The highest BCUT2D eigenvalue weighted by Gasteiger charge is 2.32. The highest BCUT2D eigenvalue weighted by atomic mass is 35.5. The molecule has 0 bridgehead atoms. The Bertz CT molecular complexity index is 1160. The van der Waals surface area contributed by atoms with Crippen LogP contribution in [0, 0.1) is 6.92 Å². The first-order chi connectivity index (χ1) is 16.4. The van der Waals surface area contributed by atoms with Gasteiger partial charge in [0.25, 0.3) is 0 Å². The largest absolute Gasteiger partial charge is 0.352 e. The predicted octanol–water partition coefficient (Wildman–Crippen LogP) is 4.79. The van der Waals surface area contributed by atoms with Crippen LogP contribution in [0.25, 0.3) is 0 Å². The van der Waals surface area contributed by atoms with Crippen LogP contribution in [0.15, 0.2) is 42.5 Å². The van der Waals surface area contributed by atoms with E-state index in [0.29, 0.717) is 33.3 Å². The topological polar surface area (TPSA) is 86.8 Å². The van der Waals surface area contributed by atoms with E-state index in [-0.39, 0.29) is 18.5 Å². The van der Waals surface area contributed by atoms with Crippen molar-refractivity contribution in [2.24, 2.45) is 0 Å². The van der Waals surface area contributed by atoms with Crippen LogP contribution in [0.2, 0.25) is 10.0 Å². The van der Waals surface area contributed by atoms with Crippen molar-refractivity contribution in [1.82, 2.24) is 10.2 Å². The molecule has 1 N–H and O–H groups in total. The smallest absolute Gasteiger partial charge is 0.244 e. The lowest BCUT2D eigenvalue weighted by Gasteiger charge is -2.34. The minimum Gasteiger partial charge on any atom is -0.352 e. The van der Waals surface area contributed by atoms with Crippen LogP contribution in [0.4, 0.5) is 5.69 Å². The normalized spacial score (nSPS) is 13.1. The van der Waals surface area contributed by atoms with Gasteiger partial charge in [0.15, 0.2) is 0 Å². The van der Waals surface area contributed by atoms with Crippen LogP contribution in [-0.4, -0.2) is 50.0 Å². The van der Waals surface area contributed by atoms with Crippen molar-refractivity contribution in [3.8, 4) is 0 Å². The SMILES string of the molecule is CC[C@H](C(=O)N[C@@H](C)CC)N(Cc1ccccc1Cl)C(=O)CN(c1cccc(Cl)c1C)S(C)(=O)=O. The van der Waals surface area contributed by atoms with Gasteiger partial charge in [-0.05, 0) is 56.0 Å². The van der Waals surface area contributed by atoms with Crippen molar-refractivity contribution in [3.05, 3.63) is 63.6 Å². The summed E-state index contributed by atoms with van der Waals surface area (Å²) in [5.41, 5.74) is 1.50. The molecule has 0 aliphatic carbocycles. The molecular weight excluding hydrogens is 509 g/mol. The van der Waals surface area contributed by atoms with Crippen LogP contribution in [0.1, 0.15) is 44.7 Å². The zero-order chi connectivity index (χ0) is 26.3. The molecule has 2 aromatic rings. The van der Waals surface area contributed by atoms with E-state index in [1.165, 1.54) is 4.90 Å². The second kappa shape index (κ2) is 12.6. The van der Waals surface area contributed by atoms with Gasteiger partial charge in [-0.15, -0.1) is 0 Å². The molecule has 0 aromatic heterocycles. The number of carbonyl (C=O) groups is 2. The molecule has 35 heavy (non-hydrogen) atoms. The Balaban J connectivity index is 2.50. The van der Waals surface area contributed by atoms with Gasteiger partial charge in [0.2, 0.25) is 21.8 Å². The number of benzene rings is 2. The van der Waals surface area contributed by atoms with E-state index in [0.717, 1.165) is 17.0 Å². The highest BCUT2D eigenvalue weighted by molar-refractivity contribution is 7.92. The Kier molecular flexibility index (Phi) is 10.4. The summed E-state index contributed by atoms with van der Waals surface area (Å²) in [6, 6.07) is 11.0. The Morgan fingerprint density at radius 3 is 2.20 bits per heavy atom. The molecule has 2 aromatic carbocycles. The average Bonchev–Trinajstić information content (AvgIpc) is 2.79. The minimum atomic E-state index is -3.84. The van der Waals surface area contributed by atoms with Gasteiger partial charge < -0.3 is 10.2 Å². The van der Waals surface area contributed by atoms with E-state index in [9.17, 15) is 18.0 Å². The number of carbonyl (C=O) groups excluding carboxylic acids is 2. The first-order valence-corrected chi connectivity index (χ1v) is 14.1. The molecule has 0 aliphatic heterocycles. The monoisotopic (exact) mass is 541 g/mol. The molecular formula is C25H33Cl2N3O4S. The summed E-state index contributed by atoms with van der Waals surface area (Å²) in [6.07, 6.45) is 2.11. The quantitative estimate of drug-likeness (QED) is 0.443. The Morgan fingerprint density at radius 2 is 1.63 bits per heavy atom. The van der Waals surface area contributed by atoms with E-state index in [2.05, 4.69) is 5.32 Å². The van der Waals surface area contributed by atoms with E-state index in [1.807, 2.05) is 20.8 Å². The van der Waals surface area contributed by atoms with Gasteiger partial charge in [-0.3, -0.25) is 13.9 Å². The van der Waals surface area contributed by atoms with E-state index in [4.69, 9.17) is 23.2 Å². The number of nitrogens with one attached hydrogen (secondary N) is 1. The zero-order valence-electron chi connectivity index (χ0n) is 20.7. The van der Waals surface area contributed by atoms with Gasteiger partial charge in [0.1, 0.15) is 12.6 Å². The fraction of sp³-hybridized carbons (Fsp3) is 0.440. The first-order valence-electron chi connectivity index (χ1n) is 11.5. The van der Waals surface area contributed by atoms with Crippen LogP contribution in [0.3, 0.4) is 0 Å². The fourth-order valence-corrected chi connectivity index (χ4v) is 4.90. The number of nitrogens with zero attached hydrogens (tertiary/aromatic N) is 2.